The lowest BCUT2D eigenvalue weighted by atomic mass is 10.0. The summed E-state index contributed by atoms with van der Waals surface area (Å²) in [5.74, 6) is 1.48. The van der Waals surface area contributed by atoms with Crippen molar-refractivity contribution >= 4 is 28.7 Å². The van der Waals surface area contributed by atoms with Gasteiger partial charge in [0.25, 0.3) is 5.91 Å². The molecule has 1 atom stereocenters. The minimum Gasteiger partial charge on any atom is -0.338 e. The number of likely N-dealkylation sites (tertiary alicyclic amines) is 1. The maximum absolute atomic E-state index is 12.7. The highest BCUT2D eigenvalue weighted by Gasteiger charge is 2.29. The molecule has 3 aromatic rings. The van der Waals surface area contributed by atoms with Crippen molar-refractivity contribution in [1.29, 1.82) is 0 Å². The van der Waals surface area contributed by atoms with Crippen LogP contribution in [0.1, 0.15) is 29.5 Å². The van der Waals surface area contributed by atoms with Gasteiger partial charge >= 0.3 is 0 Å². The predicted octanol–water partition coefficient (Wildman–Crippen LogP) is 3.81. The van der Waals surface area contributed by atoms with Crippen molar-refractivity contribution in [2.24, 2.45) is 5.92 Å². The molecule has 2 aromatic heterocycles. The Balaban J connectivity index is 1.50. The molecule has 6 heteroatoms. The standard InChI is InChI=1S/C20H21ClN4O/c1-2-25-18(23-17-8-5-10-22-19(17)25)12-14-9-11-24(13-14)20(26)15-6-3-4-7-16(15)21/h3-8,10,14H,2,9,11-13H2,1H3/t14-/m1/s1. The molecule has 0 N–H and O–H groups in total. The van der Waals surface area contributed by atoms with E-state index in [-0.39, 0.29) is 5.91 Å². The van der Waals surface area contributed by atoms with Crippen molar-refractivity contribution in [3.8, 4) is 0 Å². The molecule has 0 bridgehead atoms. The van der Waals surface area contributed by atoms with Crippen molar-refractivity contribution in [3.63, 3.8) is 0 Å². The number of amides is 1. The second-order valence-corrected chi connectivity index (χ2v) is 7.12. The molecule has 4 rings (SSSR count). The number of fused-ring (bicyclic) bond motifs is 1. The van der Waals surface area contributed by atoms with E-state index in [0.717, 1.165) is 49.5 Å². The number of pyridine rings is 1. The van der Waals surface area contributed by atoms with Gasteiger partial charge in [0.15, 0.2) is 5.65 Å². The van der Waals surface area contributed by atoms with Gasteiger partial charge in [0.05, 0.1) is 10.6 Å². The van der Waals surface area contributed by atoms with Crippen LogP contribution in [0.4, 0.5) is 0 Å². The van der Waals surface area contributed by atoms with E-state index in [1.807, 2.05) is 29.2 Å². The second kappa shape index (κ2) is 7.08. The molecule has 1 amide bonds. The van der Waals surface area contributed by atoms with Gasteiger partial charge in [-0.2, -0.15) is 0 Å². The predicted molar refractivity (Wildman–Crippen MR) is 102 cm³/mol. The maximum Gasteiger partial charge on any atom is 0.255 e. The summed E-state index contributed by atoms with van der Waals surface area (Å²) in [6.45, 7) is 4.46. The number of hydrogen-bond acceptors (Lipinski definition) is 3. The van der Waals surface area contributed by atoms with E-state index < -0.39 is 0 Å². The molecule has 0 spiro atoms. The van der Waals surface area contributed by atoms with Crippen LogP contribution in [0.5, 0.6) is 0 Å². The molecule has 3 heterocycles. The van der Waals surface area contributed by atoms with Crippen LogP contribution in [-0.4, -0.2) is 38.4 Å². The molecule has 0 radical (unpaired) electrons. The van der Waals surface area contributed by atoms with Crippen LogP contribution in [0.15, 0.2) is 42.6 Å². The van der Waals surface area contributed by atoms with E-state index in [0.29, 0.717) is 16.5 Å². The number of carbonyl (C=O) groups is 1. The van der Waals surface area contributed by atoms with Crippen LogP contribution in [0.2, 0.25) is 5.02 Å². The van der Waals surface area contributed by atoms with E-state index in [4.69, 9.17) is 16.6 Å². The fourth-order valence-electron chi connectivity index (χ4n) is 3.74. The number of halogens is 1. The number of hydrogen-bond donors (Lipinski definition) is 0. The lowest BCUT2D eigenvalue weighted by molar-refractivity contribution is 0.0787. The van der Waals surface area contributed by atoms with Gasteiger partial charge in [-0.25, -0.2) is 9.97 Å². The fraction of sp³-hybridized carbons (Fsp3) is 0.350. The number of nitrogens with zero attached hydrogens (tertiary/aromatic N) is 4. The maximum atomic E-state index is 12.7. The van der Waals surface area contributed by atoms with Crippen LogP contribution in [0.25, 0.3) is 11.2 Å². The van der Waals surface area contributed by atoms with Crippen molar-refractivity contribution in [1.82, 2.24) is 19.4 Å². The lowest BCUT2D eigenvalue weighted by Crippen LogP contribution is -2.29. The van der Waals surface area contributed by atoms with Gasteiger partial charge in [-0.1, -0.05) is 23.7 Å². The molecule has 26 heavy (non-hydrogen) atoms. The zero-order chi connectivity index (χ0) is 18.1. The first-order chi connectivity index (χ1) is 12.7. The highest BCUT2D eigenvalue weighted by molar-refractivity contribution is 6.33. The van der Waals surface area contributed by atoms with E-state index >= 15 is 0 Å². The average Bonchev–Trinajstić information content (AvgIpc) is 3.25. The van der Waals surface area contributed by atoms with Crippen LogP contribution >= 0.6 is 11.6 Å². The first-order valence-corrected chi connectivity index (χ1v) is 9.39. The van der Waals surface area contributed by atoms with E-state index in [1.165, 1.54) is 0 Å². The SMILES string of the molecule is CCn1c(C[C@H]2CCN(C(=O)c3ccccc3Cl)C2)nc2cccnc21. The molecule has 0 saturated carbocycles. The van der Waals surface area contributed by atoms with Crippen LogP contribution < -0.4 is 0 Å². The van der Waals surface area contributed by atoms with Gasteiger partial charge in [0, 0.05) is 32.3 Å². The van der Waals surface area contributed by atoms with E-state index in [9.17, 15) is 4.79 Å². The molecule has 134 valence electrons. The summed E-state index contributed by atoms with van der Waals surface area (Å²) < 4.78 is 2.17. The Morgan fingerprint density at radius 1 is 1.27 bits per heavy atom. The Bertz CT molecular complexity index is 952. The highest BCUT2D eigenvalue weighted by Crippen LogP contribution is 2.25. The summed E-state index contributed by atoms with van der Waals surface area (Å²) in [6.07, 6.45) is 3.65. The minimum atomic E-state index is 0.0174. The Labute approximate surface area is 157 Å². The normalized spacial score (nSPS) is 17.2. The van der Waals surface area contributed by atoms with Crippen molar-refractivity contribution < 1.29 is 4.79 Å². The molecule has 1 fully saturated rings. The molecule has 1 aromatic carbocycles. The summed E-state index contributed by atoms with van der Waals surface area (Å²) in [6, 6.07) is 11.2. The number of aromatic nitrogens is 3. The van der Waals surface area contributed by atoms with Crippen molar-refractivity contribution in [3.05, 3.63) is 59.0 Å². The topological polar surface area (TPSA) is 51.0 Å². The first-order valence-electron chi connectivity index (χ1n) is 9.01. The van der Waals surface area contributed by atoms with Gasteiger partial charge in [-0.3, -0.25) is 4.79 Å². The molecule has 5 nitrogen and oxygen atoms in total. The Morgan fingerprint density at radius 3 is 2.92 bits per heavy atom. The quantitative estimate of drug-likeness (QED) is 0.703. The molecule has 1 saturated heterocycles. The largest absolute Gasteiger partial charge is 0.338 e. The highest BCUT2D eigenvalue weighted by atomic mass is 35.5. The number of rotatable bonds is 4. The average molecular weight is 369 g/mol. The molecule has 1 aliphatic heterocycles. The summed E-state index contributed by atoms with van der Waals surface area (Å²) in [4.78, 5) is 23.9. The monoisotopic (exact) mass is 368 g/mol. The second-order valence-electron chi connectivity index (χ2n) is 6.71. The third-order valence-electron chi connectivity index (χ3n) is 5.05. The van der Waals surface area contributed by atoms with Crippen LogP contribution in [0.3, 0.4) is 0 Å². The lowest BCUT2D eigenvalue weighted by Gasteiger charge is -2.17. The third-order valence-corrected chi connectivity index (χ3v) is 5.38. The number of aryl methyl sites for hydroxylation is 1. The fourth-order valence-corrected chi connectivity index (χ4v) is 3.96. The molecule has 0 aliphatic carbocycles. The zero-order valence-corrected chi connectivity index (χ0v) is 15.5. The van der Waals surface area contributed by atoms with Gasteiger partial charge in [0.1, 0.15) is 11.3 Å². The van der Waals surface area contributed by atoms with Gasteiger partial charge in [-0.05, 0) is 43.5 Å². The smallest absolute Gasteiger partial charge is 0.255 e. The zero-order valence-electron chi connectivity index (χ0n) is 14.7. The van der Waals surface area contributed by atoms with Crippen LogP contribution in [0, 0.1) is 5.92 Å². The van der Waals surface area contributed by atoms with Crippen LogP contribution in [-0.2, 0) is 13.0 Å². The Hall–Kier alpha value is -2.40. The Morgan fingerprint density at radius 2 is 2.12 bits per heavy atom. The van der Waals surface area contributed by atoms with E-state index in [1.54, 1.807) is 18.3 Å². The van der Waals surface area contributed by atoms with Gasteiger partial charge < -0.3 is 9.47 Å². The molecule has 0 unspecified atom stereocenters. The van der Waals surface area contributed by atoms with Crippen molar-refractivity contribution in [2.75, 3.05) is 13.1 Å². The number of carbonyl (C=O) groups excluding carboxylic acids is 1. The summed E-state index contributed by atoms with van der Waals surface area (Å²) >= 11 is 6.18. The third kappa shape index (κ3) is 3.07. The minimum absolute atomic E-state index is 0.0174. The number of benzene rings is 1. The molecular weight excluding hydrogens is 348 g/mol. The Kier molecular flexibility index (Phi) is 4.64. The summed E-state index contributed by atoms with van der Waals surface area (Å²) in [7, 11) is 0. The van der Waals surface area contributed by atoms with Gasteiger partial charge in [-0.15, -0.1) is 0 Å². The number of imidazole rings is 1. The summed E-state index contributed by atoms with van der Waals surface area (Å²) in [5.41, 5.74) is 2.46. The van der Waals surface area contributed by atoms with E-state index in [2.05, 4.69) is 16.5 Å². The van der Waals surface area contributed by atoms with Crippen molar-refractivity contribution in [2.45, 2.75) is 26.3 Å². The molecule has 1 aliphatic rings. The van der Waals surface area contributed by atoms with Gasteiger partial charge in [0.2, 0.25) is 0 Å². The summed E-state index contributed by atoms with van der Waals surface area (Å²) in [5, 5.41) is 0.514. The molecular formula is C20H21ClN4O. The first kappa shape index (κ1) is 17.0.